The van der Waals surface area contributed by atoms with Gasteiger partial charge in [0.1, 0.15) is 0 Å². The van der Waals surface area contributed by atoms with Gasteiger partial charge in [-0.15, -0.1) is 0 Å². The normalized spacial score (nSPS) is 18.5. The van der Waals surface area contributed by atoms with Crippen LogP contribution in [0.3, 0.4) is 0 Å². The standard InChI is InChI=1S/C9H14N4/c10-8-3-4-12-5-7(8)9(13-11)6-1-2-6/h3-6,9,13H,1-2,11H2,(H2,10,12). The predicted octanol–water partition coefficient (Wildman–Crippen LogP) is 0.578. The van der Waals surface area contributed by atoms with Crippen LogP contribution in [0, 0.1) is 5.92 Å². The molecule has 1 aromatic rings. The van der Waals surface area contributed by atoms with Crippen LogP contribution < -0.4 is 17.0 Å². The number of nitrogens with zero attached hydrogens (tertiary/aromatic N) is 1. The van der Waals surface area contributed by atoms with E-state index in [1.165, 1.54) is 12.8 Å². The Morgan fingerprint density at radius 3 is 2.85 bits per heavy atom. The maximum Gasteiger partial charge on any atom is 0.0523 e. The number of hydrogen-bond donors (Lipinski definition) is 3. The number of nitrogen functional groups attached to an aromatic ring is 1. The van der Waals surface area contributed by atoms with Crippen molar-refractivity contribution < 1.29 is 0 Å². The second-order valence-electron chi connectivity index (χ2n) is 3.49. The molecule has 0 spiro atoms. The average molecular weight is 178 g/mol. The maximum atomic E-state index is 5.83. The topological polar surface area (TPSA) is 77.0 Å². The largest absolute Gasteiger partial charge is 0.398 e. The molecule has 0 bridgehead atoms. The fourth-order valence-electron chi connectivity index (χ4n) is 1.59. The van der Waals surface area contributed by atoms with E-state index < -0.39 is 0 Å². The molecule has 1 atom stereocenters. The van der Waals surface area contributed by atoms with E-state index in [0.29, 0.717) is 5.92 Å². The van der Waals surface area contributed by atoms with Crippen LogP contribution in [0.15, 0.2) is 18.5 Å². The first-order chi connectivity index (χ1) is 6.33. The Balaban J connectivity index is 2.26. The third-order valence-corrected chi connectivity index (χ3v) is 2.50. The van der Waals surface area contributed by atoms with Crippen LogP contribution >= 0.6 is 0 Å². The zero-order chi connectivity index (χ0) is 9.26. The van der Waals surface area contributed by atoms with Gasteiger partial charge in [-0.05, 0) is 24.8 Å². The van der Waals surface area contributed by atoms with Crippen molar-refractivity contribution >= 4 is 5.69 Å². The number of anilines is 1. The third kappa shape index (κ3) is 1.64. The van der Waals surface area contributed by atoms with Crippen LogP contribution in [0.4, 0.5) is 5.69 Å². The molecular weight excluding hydrogens is 164 g/mol. The fraction of sp³-hybridized carbons (Fsp3) is 0.444. The molecule has 2 rings (SSSR count). The second-order valence-corrected chi connectivity index (χ2v) is 3.49. The Morgan fingerprint density at radius 2 is 2.31 bits per heavy atom. The molecule has 4 nitrogen and oxygen atoms in total. The molecule has 1 aliphatic carbocycles. The summed E-state index contributed by atoms with van der Waals surface area (Å²) < 4.78 is 0. The fourth-order valence-corrected chi connectivity index (χ4v) is 1.59. The van der Waals surface area contributed by atoms with Crippen LogP contribution in [0.5, 0.6) is 0 Å². The number of nitrogens with two attached hydrogens (primary N) is 2. The monoisotopic (exact) mass is 178 g/mol. The summed E-state index contributed by atoms with van der Waals surface area (Å²) >= 11 is 0. The molecule has 0 radical (unpaired) electrons. The molecule has 0 aromatic carbocycles. The highest BCUT2D eigenvalue weighted by molar-refractivity contribution is 5.46. The lowest BCUT2D eigenvalue weighted by atomic mass is 10.0. The van der Waals surface area contributed by atoms with E-state index in [2.05, 4.69) is 10.4 Å². The Labute approximate surface area is 77.3 Å². The van der Waals surface area contributed by atoms with E-state index in [1.54, 1.807) is 12.4 Å². The molecule has 5 N–H and O–H groups in total. The van der Waals surface area contributed by atoms with Crippen molar-refractivity contribution in [1.29, 1.82) is 0 Å². The molecule has 1 aromatic heterocycles. The Morgan fingerprint density at radius 1 is 1.54 bits per heavy atom. The molecule has 0 aliphatic heterocycles. The SMILES string of the molecule is NNC(c1cnccc1N)C1CC1. The number of hydrogen-bond acceptors (Lipinski definition) is 4. The average Bonchev–Trinajstić information content (AvgIpc) is 2.93. The van der Waals surface area contributed by atoms with Crippen LogP contribution in [-0.2, 0) is 0 Å². The highest BCUT2D eigenvalue weighted by Crippen LogP contribution is 2.41. The molecule has 0 saturated heterocycles. The first kappa shape index (κ1) is 8.47. The van der Waals surface area contributed by atoms with Crippen molar-refractivity contribution in [3.8, 4) is 0 Å². The van der Waals surface area contributed by atoms with E-state index in [-0.39, 0.29) is 6.04 Å². The molecule has 1 heterocycles. The highest BCUT2D eigenvalue weighted by atomic mass is 15.2. The van der Waals surface area contributed by atoms with E-state index in [0.717, 1.165) is 11.3 Å². The first-order valence-corrected chi connectivity index (χ1v) is 4.48. The van der Waals surface area contributed by atoms with E-state index in [4.69, 9.17) is 11.6 Å². The summed E-state index contributed by atoms with van der Waals surface area (Å²) in [6.45, 7) is 0. The number of aromatic nitrogens is 1. The molecule has 4 heteroatoms. The van der Waals surface area contributed by atoms with Crippen molar-refractivity contribution in [3.63, 3.8) is 0 Å². The van der Waals surface area contributed by atoms with Gasteiger partial charge in [-0.1, -0.05) is 0 Å². The molecule has 13 heavy (non-hydrogen) atoms. The molecule has 1 aliphatic rings. The summed E-state index contributed by atoms with van der Waals surface area (Å²) in [5, 5.41) is 0. The molecule has 1 saturated carbocycles. The Bertz CT molecular complexity index is 295. The van der Waals surface area contributed by atoms with Gasteiger partial charge in [0.25, 0.3) is 0 Å². The quantitative estimate of drug-likeness (QED) is 0.467. The summed E-state index contributed by atoms with van der Waals surface area (Å²) in [7, 11) is 0. The predicted molar refractivity (Wildman–Crippen MR) is 51.4 cm³/mol. The minimum absolute atomic E-state index is 0.175. The number of pyridine rings is 1. The van der Waals surface area contributed by atoms with Crippen LogP contribution in [0.25, 0.3) is 0 Å². The summed E-state index contributed by atoms with van der Waals surface area (Å²) in [6.07, 6.45) is 5.93. The summed E-state index contributed by atoms with van der Waals surface area (Å²) in [4.78, 5) is 4.05. The van der Waals surface area contributed by atoms with Crippen molar-refractivity contribution in [2.45, 2.75) is 18.9 Å². The van der Waals surface area contributed by atoms with Gasteiger partial charge in [0.05, 0.1) is 6.04 Å². The summed E-state index contributed by atoms with van der Waals surface area (Å²) in [5.41, 5.74) is 10.4. The van der Waals surface area contributed by atoms with Crippen molar-refractivity contribution in [3.05, 3.63) is 24.0 Å². The lowest BCUT2D eigenvalue weighted by Gasteiger charge is -2.16. The second kappa shape index (κ2) is 3.32. The van der Waals surface area contributed by atoms with E-state index >= 15 is 0 Å². The first-order valence-electron chi connectivity index (χ1n) is 4.48. The summed E-state index contributed by atoms with van der Waals surface area (Å²) in [5.74, 6) is 6.12. The zero-order valence-corrected chi connectivity index (χ0v) is 7.40. The van der Waals surface area contributed by atoms with Gasteiger partial charge in [-0.25, -0.2) is 0 Å². The smallest absolute Gasteiger partial charge is 0.0523 e. The van der Waals surface area contributed by atoms with Gasteiger partial charge < -0.3 is 5.73 Å². The molecule has 1 fully saturated rings. The number of nitrogens with one attached hydrogen (secondary N) is 1. The maximum absolute atomic E-state index is 5.83. The minimum atomic E-state index is 0.175. The number of rotatable bonds is 3. The van der Waals surface area contributed by atoms with Crippen LogP contribution in [-0.4, -0.2) is 4.98 Å². The van der Waals surface area contributed by atoms with Crippen molar-refractivity contribution in [2.75, 3.05) is 5.73 Å². The highest BCUT2D eigenvalue weighted by Gasteiger charge is 2.32. The number of hydrazine groups is 1. The van der Waals surface area contributed by atoms with Gasteiger partial charge >= 0.3 is 0 Å². The van der Waals surface area contributed by atoms with E-state index in [9.17, 15) is 0 Å². The van der Waals surface area contributed by atoms with Crippen molar-refractivity contribution in [2.24, 2.45) is 11.8 Å². The van der Waals surface area contributed by atoms with Gasteiger partial charge in [0.15, 0.2) is 0 Å². The molecule has 1 unspecified atom stereocenters. The molecule has 70 valence electrons. The Hall–Kier alpha value is -1.13. The van der Waals surface area contributed by atoms with Crippen molar-refractivity contribution in [1.82, 2.24) is 10.4 Å². The lowest BCUT2D eigenvalue weighted by molar-refractivity contribution is 0.497. The van der Waals surface area contributed by atoms with Crippen LogP contribution in [0.1, 0.15) is 24.4 Å². The summed E-state index contributed by atoms with van der Waals surface area (Å²) in [6, 6.07) is 1.98. The van der Waals surface area contributed by atoms with Gasteiger partial charge in [-0.3, -0.25) is 16.3 Å². The van der Waals surface area contributed by atoms with Crippen LogP contribution in [0.2, 0.25) is 0 Å². The van der Waals surface area contributed by atoms with Gasteiger partial charge in [-0.2, -0.15) is 0 Å². The zero-order valence-electron chi connectivity index (χ0n) is 7.40. The Kier molecular flexibility index (Phi) is 2.16. The van der Waals surface area contributed by atoms with Gasteiger partial charge in [0.2, 0.25) is 0 Å². The lowest BCUT2D eigenvalue weighted by Crippen LogP contribution is -2.30. The van der Waals surface area contributed by atoms with Gasteiger partial charge in [0, 0.05) is 23.6 Å². The minimum Gasteiger partial charge on any atom is -0.398 e. The third-order valence-electron chi connectivity index (χ3n) is 2.50. The van der Waals surface area contributed by atoms with E-state index in [1.807, 2.05) is 6.07 Å². The molecule has 0 amide bonds. The molecular formula is C9H14N4.